The summed E-state index contributed by atoms with van der Waals surface area (Å²) in [6.45, 7) is 12.2. The van der Waals surface area contributed by atoms with Gasteiger partial charge in [-0.2, -0.15) is 26.3 Å². The number of halogens is 6. The SMILES string of the molecule is C=C(C)NC(=NCC1CCCC1)/C(C)=C/c1ccc(=C)/c(=C\N(C)Cc2ccc(C(F)(F)F)cc2C(F)(F)F)c1. The van der Waals surface area contributed by atoms with Crippen molar-refractivity contribution < 1.29 is 26.3 Å². The minimum atomic E-state index is -4.92. The Bertz CT molecular complexity index is 1380. The first-order valence-corrected chi connectivity index (χ1v) is 13.1. The quantitative estimate of drug-likeness (QED) is 0.210. The number of nitrogens with zero attached hydrogens (tertiary/aromatic N) is 2. The maximum atomic E-state index is 13.6. The standard InChI is InChI=1S/C31H35F6N3/c1-20(2)39-29(38-17-23-8-6-7-9-23)22(4)14-24-11-10-21(3)26(15-24)19-40(5)18-25-12-13-27(30(32,33)34)16-28(25)31(35,36)37/h10-16,19,23H,1,3,6-9,17-18H2,2,4-5H3,(H,38,39)/b22-14+,26-19-. The molecule has 1 N–H and O–H groups in total. The summed E-state index contributed by atoms with van der Waals surface area (Å²) < 4.78 is 79.8. The number of aliphatic imine (C=N–C) groups is 1. The Kier molecular flexibility index (Phi) is 9.92. The lowest BCUT2D eigenvalue weighted by atomic mass is 10.0. The van der Waals surface area contributed by atoms with Gasteiger partial charge >= 0.3 is 12.4 Å². The highest BCUT2D eigenvalue weighted by Gasteiger charge is 2.38. The number of hydrogen-bond donors (Lipinski definition) is 1. The first-order valence-electron chi connectivity index (χ1n) is 13.1. The summed E-state index contributed by atoms with van der Waals surface area (Å²) in [6, 6.07) is 7.26. The first-order chi connectivity index (χ1) is 18.6. The Morgan fingerprint density at radius 3 is 2.30 bits per heavy atom. The third-order valence-corrected chi connectivity index (χ3v) is 6.76. The second-order valence-corrected chi connectivity index (χ2v) is 10.4. The topological polar surface area (TPSA) is 27.6 Å². The largest absolute Gasteiger partial charge is 0.416 e. The first kappa shape index (κ1) is 31.0. The normalized spacial score (nSPS) is 16.0. The number of benzene rings is 2. The second kappa shape index (κ2) is 12.8. The molecule has 216 valence electrons. The molecule has 3 nitrogen and oxygen atoms in total. The molecule has 0 radical (unpaired) electrons. The zero-order valence-electron chi connectivity index (χ0n) is 23.0. The molecule has 2 aromatic rings. The van der Waals surface area contributed by atoms with Crippen molar-refractivity contribution in [3.63, 3.8) is 0 Å². The summed E-state index contributed by atoms with van der Waals surface area (Å²) in [4.78, 5) is 6.31. The molecule has 9 heteroatoms. The predicted molar refractivity (Wildman–Crippen MR) is 149 cm³/mol. The van der Waals surface area contributed by atoms with Crippen LogP contribution in [0.15, 0.2) is 59.2 Å². The molecular weight excluding hydrogens is 528 g/mol. The molecule has 0 bridgehead atoms. The van der Waals surface area contributed by atoms with Gasteiger partial charge in [-0.3, -0.25) is 4.99 Å². The van der Waals surface area contributed by atoms with Gasteiger partial charge in [-0.1, -0.05) is 44.2 Å². The molecule has 0 atom stereocenters. The highest BCUT2D eigenvalue weighted by molar-refractivity contribution is 6.02. The van der Waals surface area contributed by atoms with Crippen molar-refractivity contribution in [3.05, 3.63) is 86.9 Å². The zero-order valence-corrected chi connectivity index (χ0v) is 23.0. The Morgan fingerprint density at radius 1 is 1.02 bits per heavy atom. The van der Waals surface area contributed by atoms with Gasteiger partial charge < -0.3 is 10.2 Å². The van der Waals surface area contributed by atoms with Crippen molar-refractivity contribution in [3.8, 4) is 0 Å². The average molecular weight is 564 g/mol. The molecule has 3 rings (SSSR count). The van der Waals surface area contributed by atoms with Crippen molar-refractivity contribution in [2.45, 2.75) is 58.4 Å². The minimum Gasteiger partial charge on any atom is -0.376 e. The highest BCUT2D eigenvalue weighted by atomic mass is 19.4. The fraction of sp³-hybridized carbons (Fsp3) is 0.387. The molecule has 1 aliphatic rings. The van der Waals surface area contributed by atoms with E-state index < -0.39 is 23.5 Å². The van der Waals surface area contributed by atoms with Crippen LogP contribution in [-0.4, -0.2) is 24.3 Å². The van der Waals surface area contributed by atoms with E-state index in [4.69, 9.17) is 4.99 Å². The van der Waals surface area contributed by atoms with Crippen molar-refractivity contribution >= 4 is 24.7 Å². The molecule has 2 aromatic carbocycles. The van der Waals surface area contributed by atoms with Crippen LogP contribution in [0.25, 0.3) is 18.9 Å². The van der Waals surface area contributed by atoms with Gasteiger partial charge in [0.15, 0.2) is 0 Å². The molecule has 0 aromatic heterocycles. The molecule has 0 aliphatic heterocycles. The third-order valence-electron chi connectivity index (χ3n) is 6.76. The third kappa shape index (κ3) is 8.76. The van der Waals surface area contributed by atoms with Gasteiger partial charge in [-0.05, 0) is 84.0 Å². The monoisotopic (exact) mass is 563 g/mol. The van der Waals surface area contributed by atoms with Crippen molar-refractivity contribution in [1.82, 2.24) is 10.2 Å². The minimum absolute atomic E-state index is 0.162. The van der Waals surface area contributed by atoms with Crippen molar-refractivity contribution in [1.29, 1.82) is 0 Å². The molecule has 1 saturated carbocycles. The maximum absolute atomic E-state index is 13.6. The van der Waals surface area contributed by atoms with Gasteiger partial charge in [-0.15, -0.1) is 0 Å². The Balaban J connectivity index is 1.89. The smallest absolute Gasteiger partial charge is 0.376 e. The number of hydrogen-bond acceptors (Lipinski definition) is 2. The summed E-state index contributed by atoms with van der Waals surface area (Å²) in [5.74, 6) is 1.32. The maximum Gasteiger partial charge on any atom is 0.416 e. The lowest BCUT2D eigenvalue weighted by Crippen LogP contribution is -2.27. The van der Waals surface area contributed by atoms with E-state index >= 15 is 0 Å². The van der Waals surface area contributed by atoms with E-state index in [-0.39, 0.29) is 18.2 Å². The van der Waals surface area contributed by atoms with E-state index in [2.05, 4.69) is 18.5 Å². The van der Waals surface area contributed by atoms with Crippen LogP contribution in [0.1, 0.15) is 61.8 Å². The number of nitrogens with one attached hydrogen (secondary N) is 1. The van der Waals surface area contributed by atoms with Crippen LogP contribution in [-0.2, 0) is 18.9 Å². The Labute approximate surface area is 231 Å². The van der Waals surface area contributed by atoms with Crippen LogP contribution in [0.2, 0.25) is 0 Å². The molecule has 0 spiro atoms. The van der Waals surface area contributed by atoms with Gasteiger partial charge in [-0.25, -0.2) is 0 Å². The lowest BCUT2D eigenvalue weighted by molar-refractivity contribution is -0.143. The van der Waals surface area contributed by atoms with Gasteiger partial charge in [0.2, 0.25) is 0 Å². The number of alkyl halides is 6. The van der Waals surface area contributed by atoms with Crippen LogP contribution in [0, 0.1) is 5.92 Å². The molecule has 40 heavy (non-hydrogen) atoms. The molecule has 0 unspecified atom stereocenters. The van der Waals surface area contributed by atoms with Crippen LogP contribution in [0.4, 0.5) is 26.3 Å². The molecule has 1 aliphatic carbocycles. The zero-order chi connectivity index (χ0) is 29.7. The summed E-state index contributed by atoms with van der Waals surface area (Å²) in [6.07, 6.45) is -1.37. The summed E-state index contributed by atoms with van der Waals surface area (Å²) in [5, 5.41) is 4.56. The average Bonchev–Trinajstić information content (AvgIpc) is 3.36. The molecule has 0 heterocycles. The lowest BCUT2D eigenvalue weighted by Gasteiger charge is -2.20. The number of amidine groups is 1. The second-order valence-electron chi connectivity index (χ2n) is 10.4. The highest BCUT2D eigenvalue weighted by Crippen LogP contribution is 2.37. The summed E-state index contributed by atoms with van der Waals surface area (Å²) in [5.41, 5.74) is -0.394. The molecule has 0 amide bonds. The molecule has 0 saturated heterocycles. The Morgan fingerprint density at radius 2 is 1.70 bits per heavy atom. The van der Waals surface area contributed by atoms with Crippen LogP contribution in [0.5, 0.6) is 0 Å². The van der Waals surface area contributed by atoms with E-state index in [1.165, 1.54) is 30.6 Å². The Hall–Kier alpha value is -3.49. The number of allylic oxidation sites excluding steroid dienone is 1. The summed E-state index contributed by atoms with van der Waals surface area (Å²) >= 11 is 0. The van der Waals surface area contributed by atoms with Crippen molar-refractivity contribution in [2.75, 3.05) is 13.6 Å². The number of rotatable bonds is 8. The molecule has 1 fully saturated rings. The van der Waals surface area contributed by atoms with Crippen LogP contribution < -0.4 is 15.8 Å². The van der Waals surface area contributed by atoms with E-state index in [0.29, 0.717) is 22.4 Å². The van der Waals surface area contributed by atoms with E-state index in [1.54, 1.807) is 19.3 Å². The van der Waals surface area contributed by atoms with Gasteiger partial charge in [0.05, 0.1) is 11.1 Å². The van der Waals surface area contributed by atoms with E-state index in [0.717, 1.165) is 35.3 Å². The van der Waals surface area contributed by atoms with Crippen molar-refractivity contribution in [2.24, 2.45) is 10.9 Å². The summed E-state index contributed by atoms with van der Waals surface area (Å²) in [7, 11) is 1.57. The fourth-order valence-corrected chi connectivity index (χ4v) is 4.73. The predicted octanol–water partition coefficient (Wildman–Crippen LogP) is 7.12. The van der Waals surface area contributed by atoms with Crippen LogP contribution in [0.3, 0.4) is 0 Å². The van der Waals surface area contributed by atoms with Gasteiger partial charge in [0.1, 0.15) is 5.84 Å². The molecular formula is C31H35F6N3. The van der Waals surface area contributed by atoms with E-state index in [9.17, 15) is 26.3 Å². The fourth-order valence-electron chi connectivity index (χ4n) is 4.73. The van der Waals surface area contributed by atoms with Gasteiger partial charge in [0, 0.05) is 32.0 Å². The van der Waals surface area contributed by atoms with Gasteiger partial charge in [0.25, 0.3) is 0 Å². The van der Waals surface area contributed by atoms with Crippen LogP contribution >= 0.6 is 0 Å². The van der Waals surface area contributed by atoms with E-state index in [1.807, 2.05) is 32.1 Å².